The number of nitrogens with zero attached hydrogens (tertiary/aromatic N) is 4. The molecule has 3 aromatic heterocycles. The lowest BCUT2D eigenvalue weighted by Crippen LogP contribution is -2.13. The molecule has 0 saturated carbocycles. The number of nitrogens with two attached hydrogens (primary N) is 1. The van der Waals surface area contributed by atoms with E-state index in [9.17, 15) is 4.39 Å². The van der Waals surface area contributed by atoms with Crippen LogP contribution in [0.3, 0.4) is 0 Å². The summed E-state index contributed by atoms with van der Waals surface area (Å²) in [6.07, 6.45) is 2.92. The molecule has 0 radical (unpaired) electrons. The van der Waals surface area contributed by atoms with Gasteiger partial charge in [0.15, 0.2) is 0 Å². The first kappa shape index (κ1) is 13.0. The minimum absolute atomic E-state index is 0.0994. The molecule has 3 aromatic rings. The molecule has 0 spiro atoms. The van der Waals surface area contributed by atoms with Gasteiger partial charge in [0.05, 0.1) is 17.9 Å². The average molecular weight is 286 g/mol. The fourth-order valence-electron chi connectivity index (χ4n) is 1.90. The van der Waals surface area contributed by atoms with Crippen molar-refractivity contribution in [2.45, 2.75) is 6.54 Å². The van der Waals surface area contributed by atoms with E-state index in [1.807, 2.05) is 0 Å². The summed E-state index contributed by atoms with van der Waals surface area (Å²) in [5, 5.41) is 15.5. The summed E-state index contributed by atoms with van der Waals surface area (Å²) in [7, 11) is 0. The van der Waals surface area contributed by atoms with Gasteiger partial charge in [-0.3, -0.25) is 15.1 Å². The second kappa shape index (κ2) is 5.16. The molecule has 0 bridgehead atoms. The molecule has 0 fully saturated rings. The van der Waals surface area contributed by atoms with Crippen LogP contribution in [0.1, 0.15) is 11.4 Å². The highest BCUT2D eigenvalue weighted by Gasteiger charge is 2.15. The van der Waals surface area contributed by atoms with Gasteiger partial charge in [-0.15, -0.1) is 0 Å². The third-order valence-corrected chi connectivity index (χ3v) is 2.89. The molecule has 3 N–H and O–H groups in total. The van der Waals surface area contributed by atoms with Crippen LogP contribution in [0.5, 0.6) is 0 Å². The number of pyridine rings is 1. The highest BCUT2D eigenvalue weighted by atomic mass is 19.1. The van der Waals surface area contributed by atoms with Crippen molar-refractivity contribution in [1.29, 1.82) is 5.41 Å². The molecule has 106 valence electrons. The lowest BCUT2D eigenvalue weighted by atomic mass is 10.2. The van der Waals surface area contributed by atoms with Crippen LogP contribution in [0.25, 0.3) is 11.4 Å². The Kier molecular flexibility index (Phi) is 3.19. The maximum Gasteiger partial charge on any atom is 0.146 e. The Hall–Kier alpha value is -3.03. The zero-order chi connectivity index (χ0) is 14.8. The molecular weight excluding hydrogens is 275 g/mol. The Morgan fingerprint density at radius 1 is 1.43 bits per heavy atom. The predicted molar refractivity (Wildman–Crippen MR) is 72.0 cm³/mol. The summed E-state index contributed by atoms with van der Waals surface area (Å²) in [4.78, 5) is 3.99. The van der Waals surface area contributed by atoms with E-state index in [4.69, 9.17) is 15.7 Å². The van der Waals surface area contributed by atoms with Crippen LogP contribution in [0, 0.1) is 11.2 Å². The molecule has 0 aliphatic rings. The molecule has 0 aliphatic heterocycles. The molecule has 0 amide bonds. The van der Waals surface area contributed by atoms with Gasteiger partial charge in [0.25, 0.3) is 0 Å². The van der Waals surface area contributed by atoms with E-state index >= 15 is 0 Å². The number of nitrogen functional groups attached to an aromatic ring is 1. The van der Waals surface area contributed by atoms with Crippen molar-refractivity contribution in [1.82, 2.24) is 19.9 Å². The van der Waals surface area contributed by atoms with Crippen LogP contribution < -0.4 is 5.73 Å². The molecule has 3 rings (SSSR count). The standard InChI is InChI=1S/C13H11FN6O/c14-8-2-1-4-17-11(8)7-20-12(9-3-5-21-19-9)6-10(18-20)13(15)16/h1-6H,7H2,(H3,15,16). The molecular formula is C13H11FN6O. The topological polar surface area (TPSA) is 107 Å². The Bertz CT molecular complexity index is 780. The van der Waals surface area contributed by atoms with E-state index < -0.39 is 5.82 Å². The molecule has 3 heterocycles. The molecule has 0 unspecified atom stereocenters. The number of hydrogen-bond acceptors (Lipinski definition) is 5. The molecule has 0 saturated heterocycles. The van der Waals surface area contributed by atoms with Gasteiger partial charge in [-0.25, -0.2) is 4.39 Å². The van der Waals surface area contributed by atoms with Gasteiger partial charge < -0.3 is 10.3 Å². The molecule has 0 aliphatic carbocycles. The molecule has 8 heteroatoms. The second-order valence-corrected chi connectivity index (χ2v) is 4.30. The van der Waals surface area contributed by atoms with Crippen molar-refractivity contribution < 1.29 is 8.91 Å². The zero-order valence-electron chi connectivity index (χ0n) is 10.8. The van der Waals surface area contributed by atoms with E-state index in [1.54, 1.807) is 12.1 Å². The van der Waals surface area contributed by atoms with Crippen LogP contribution in [-0.2, 0) is 6.54 Å². The van der Waals surface area contributed by atoms with Crippen molar-refractivity contribution in [2.75, 3.05) is 0 Å². The van der Waals surface area contributed by atoms with Crippen molar-refractivity contribution in [2.24, 2.45) is 5.73 Å². The van der Waals surface area contributed by atoms with Gasteiger partial charge in [0.1, 0.15) is 29.3 Å². The fourth-order valence-corrected chi connectivity index (χ4v) is 1.90. The van der Waals surface area contributed by atoms with E-state index in [0.717, 1.165) is 0 Å². The van der Waals surface area contributed by atoms with Gasteiger partial charge in [-0.1, -0.05) is 5.16 Å². The van der Waals surface area contributed by atoms with Crippen molar-refractivity contribution in [3.8, 4) is 11.4 Å². The monoisotopic (exact) mass is 286 g/mol. The molecule has 0 atom stereocenters. The van der Waals surface area contributed by atoms with E-state index in [1.165, 1.54) is 29.3 Å². The predicted octanol–water partition coefficient (Wildman–Crippen LogP) is 1.40. The third-order valence-electron chi connectivity index (χ3n) is 2.89. The van der Waals surface area contributed by atoms with Crippen LogP contribution in [0.4, 0.5) is 4.39 Å². The molecule has 21 heavy (non-hydrogen) atoms. The van der Waals surface area contributed by atoms with Gasteiger partial charge >= 0.3 is 0 Å². The minimum atomic E-state index is -0.427. The number of halogens is 1. The summed E-state index contributed by atoms with van der Waals surface area (Å²) in [6.45, 7) is 0.0994. The van der Waals surface area contributed by atoms with E-state index in [0.29, 0.717) is 11.4 Å². The van der Waals surface area contributed by atoms with Gasteiger partial charge in [0.2, 0.25) is 0 Å². The SMILES string of the molecule is N=C(N)c1cc(-c2ccon2)n(Cc2ncccc2F)n1. The van der Waals surface area contributed by atoms with Crippen LogP contribution in [0.2, 0.25) is 0 Å². The van der Waals surface area contributed by atoms with Crippen LogP contribution in [0.15, 0.2) is 41.2 Å². The highest BCUT2D eigenvalue weighted by Crippen LogP contribution is 2.20. The number of rotatable bonds is 4. The Labute approximate surface area is 118 Å². The largest absolute Gasteiger partial charge is 0.382 e. The van der Waals surface area contributed by atoms with Crippen molar-refractivity contribution in [3.63, 3.8) is 0 Å². The maximum atomic E-state index is 13.7. The first-order chi connectivity index (χ1) is 10.1. The van der Waals surface area contributed by atoms with Gasteiger partial charge in [0, 0.05) is 12.3 Å². The highest BCUT2D eigenvalue weighted by molar-refractivity contribution is 5.94. The lowest BCUT2D eigenvalue weighted by Gasteiger charge is -2.05. The smallest absolute Gasteiger partial charge is 0.146 e. The Morgan fingerprint density at radius 2 is 2.29 bits per heavy atom. The summed E-state index contributed by atoms with van der Waals surface area (Å²) >= 11 is 0. The summed E-state index contributed by atoms with van der Waals surface area (Å²) in [5.41, 5.74) is 7.05. The van der Waals surface area contributed by atoms with Crippen molar-refractivity contribution in [3.05, 3.63) is 53.9 Å². The Balaban J connectivity index is 2.05. The Morgan fingerprint density at radius 3 is 2.95 bits per heavy atom. The van der Waals surface area contributed by atoms with E-state index in [2.05, 4.69) is 15.2 Å². The first-order valence-corrected chi connectivity index (χ1v) is 6.07. The number of nitrogens with one attached hydrogen (secondary N) is 1. The summed E-state index contributed by atoms with van der Waals surface area (Å²) in [5.74, 6) is -0.608. The fraction of sp³-hybridized carbons (Fsp3) is 0.0769. The van der Waals surface area contributed by atoms with Gasteiger partial charge in [-0.2, -0.15) is 5.10 Å². The zero-order valence-corrected chi connectivity index (χ0v) is 10.8. The molecule has 0 aromatic carbocycles. The van der Waals surface area contributed by atoms with Gasteiger partial charge in [-0.05, 0) is 18.2 Å². The average Bonchev–Trinajstić information content (AvgIpc) is 3.10. The number of hydrogen-bond donors (Lipinski definition) is 2. The van der Waals surface area contributed by atoms with Crippen LogP contribution in [-0.4, -0.2) is 25.8 Å². The normalized spacial score (nSPS) is 10.7. The van der Waals surface area contributed by atoms with Crippen molar-refractivity contribution >= 4 is 5.84 Å². The van der Waals surface area contributed by atoms with Crippen LogP contribution >= 0.6 is 0 Å². The van der Waals surface area contributed by atoms with E-state index in [-0.39, 0.29) is 23.8 Å². The molecule has 7 nitrogen and oxygen atoms in total. The summed E-state index contributed by atoms with van der Waals surface area (Å²) in [6, 6.07) is 6.09. The second-order valence-electron chi connectivity index (χ2n) is 4.30. The maximum absolute atomic E-state index is 13.7. The number of amidine groups is 1. The minimum Gasteiger partial charge on any atom is -0.382 e. The summed E-state index contributed by atoms with van der Waals surface area (Å²) < 4.78 is 20.0. The number of aromatic nitrogens is 4. The first-order valence-electron chi connectivity index (χ1n) is 6.07. The third kappa shape index (κ3) is 2.50. The lowest BCUT2D eigenvalue weighted by molar-refractivity contribution is 0.421. The quantitative estimate of drug-likeness (QED) is 0.557.